The van der Waals surface area contributed by atoms with E-state index >= 15 is 0 Å². The summed E-state index contributed by atoms with van der Waals surface area (Å²) in [5, 5.41) is 13.2. The van der Waals surface area contributed by atoms with Gasteiger partial charge in [-0.2, -0.15) is 5.26 Å². The van der Waals surface area contributed by atoms with Crippen LogP contribution < -0.4 is 11.1 Å². The van der Waals surface area contributed by atoms with Crippen LogP contribution in [-0.4, -0.2) is 18.1 Å². The molecule has 0 unspecified atom stereocenters. The van der Waals surface area contributed by atoms with Crippen LogP contribution in [0.4, 0.5) is 10.7 Å². The molecule has 1 aliphatic heterocycles. The summed E-state index contributed by atoms with van der Waals surface area (Å²) < 4.78 is 4.95. The SMILES string of the molecule is COC(=O)C1=C(C)Nc2sc(C#N)c(N)c2[C@H]1c1ccncc1. The van der Waals surface area contributed by atoms with Gasteiger partial charge in [0, 0.05) is 29.6 Å². The summed E-state index contributed by atoms with van der Waals surface area (Å²) in [5.41, 5.74) is 9.36. The van der Waals surface area contributed by atoms with Crippen molar-refractivity contribution in [1.29, 1.82) is 5.26 Å². The first-order valence-corrected chi connectivity index (χ1v) is 7.68. The molecule has 0 amide bonds. The number of hydrogen-bond donors (Lipinski definition) is 2. The van der Waals surface area contributed by atoms with Crippen molar-refractivity contribution >= 4 is 28.0 Å². The lowest BCUT2D eigenvalue weighted by atomic mass is 9.82. The normalized spacial score (nSPS) is 16.3. The topological polar surface area (TPSA) is 101 Å². The maximum Gasteiger partial charge on any atom is 0.336 e. The van der Waals surface area contributed by atoms with Crippen molar-refractivity contribution in [2.75, 3.05) is 18.2 Å². The minimum atomic E-state index is -0.424. The zero-order valence-electron chi connectivity index (χ0n) is 12.6. The van der Waals surface area contributed by atoms with E-state index in [1.54, 1.807) is 12.4 Å². The van der Waals surface area contributed by atoms with Gasteiger partial charge < -0.3 is 15.8 Å². The van der Waals surface area contributed by atoms with Gasteiger partial charge in [0.05, 0.1) is 18.4 Å². The van der Waals surface area contributed by atoms with Gasteiger partial charge in [-0.25, -0.2) is 4.79 Å². The predicted octanol–water partition coefficient (Wildman–Crippen LogP) is 2.60. The third-order valence-corrected chi connectivity index (χ3v) is 4.85. The number of anilines is 2. The Kier molecular flexibility index (Phi) is 3.76. The number of nitriles is 1. The van der Waals surface area contributed by atoms with Gasteiger partial charge in [-0.1, -0.05) is 0 Å². The zero-order chi connectivity index (χ0) is 16.6. The fraction of sp³-hybridized carbons (Fsp3) is 0.188. The summed E-state index contributed by atoms with van der Waals surface area (Å²) in [4.78, 5) is 16.8. The van der Waals surface area contributed by atoms with Crippen molar-refractivity contribution in [2.24, 2.45) is 0 Å². The molecular weight excluding hydrogens is 312 g/mol. The Bertz CT molecular complexity index is 849. The molecule has 1 aliphatic rings. The maximum atomic E-state index is 12.3. The molecule has 2 aromatic heterocycles. The molecule has 0 aliphatic carbocycles. The van der Waals surface area contributed by atoms with E-state index in [0.717, 1.165) is 16.1 Å². The van der Waals surface area contributed by atoms with E-state index < -0.39 is 5.97 Å². The number of nitrogens with two attached hydrogens (primary N) is 1. The summed E-state index contributed by atoms with van der Waals surface area (Å²) in [6.07, 6.45) is 3.32. The number of nitrogens with zero attached hydrogens (tertiary/aromatic N) is 2. The van der Waals surface area contributed by atoms with Gasteiger partial charge in [0.25, 0.3) is 0 Å². The lowest BCUT2D eigenvalue weighted by molar-refractivity contribution is -0.136. The highest BCUT2D eigenvalue weighted by Crippen LogP contribution is 2.49. The average Bonchev–Trinajstić information content (AvgIpc) is 2.89. The molecule has 6 nitrogen and oxygen atoms in total. The van der Waals surface area contributed by atoms with Crippen LogP contribution in [0.25, 0.3) is 0 Å². The lowest BCUT2D eigenvalue weighted by Gasteiger charge is -2.28. The Morgan fingerprint density at radius 1 is 1.48 bits per heavy atom. The van der Waals surface area contributed by atoms with Gasteiger partial charge in [0.2, 0.25) is 0 Å². The molecule has 2 aromatic rings. The fourth-order valence-corrected chi connectivity index (χ4v) is 3.80. The van der Waals surface area contributed by atoms with Gasteiger partial charge in [-0.3, -0.25) is 4.98 Å². The number of ether oxygens (including phenoxy) is 1. The van der Waals surface area contributed by atoms with Crippen LogP contribution in [0, 0.1) is 11.3 Å². The maximum absolute atomic E-state index is 12.3. The Morgan fingerprint density at radius 3 is 2.78 bits per heavy atom. The van der Waals surface area contributed by atoms with Crippen LogP contribution >= 0.6 is 11.3 Å². The van der Waals surface area contributed by atoms with Gasteiger partial charge in [0.15, 0.2) is 0 Å². The minimum Gasteiger partial charge on any atom is -0.466 e. The number of methoxy groups -OCH3 is 1. The van der Waals surface area contributed by atoms with Crippen molar-refractivity contribution in [1.82, 2.24) is 4.98 Å². The zero-order valence-corrected chi connectivity index (χ0v) is 13.4. The molecule has 3 N–H and O–H groups in total. The Balaban J connectivity index is 2.28. The van der Waals surface area contributed by atoms with E-state index in [2.05, 4.69) is 16.4 Å². The average molecular weight is 326 g/mol. The number of rotatable bonds is 2. The minimum absolute atomic E-state index is 0.389. The number of allylic oxidation sites excluding steroid dienone is 1. The largest absolute Gasteiger partial charge is 0.466 e. The number of carbonyl (C=O) groups is 1. The van der Waals surface area contributed by atoms with Crippen molar-refractivity contribution in [3.05, 3.63) is 51.8 Å². The Morgan fingerprint density at radius 2 is 2.17 bits per heavy atom. The van der Waals surface area contributed by atoms with Crippen LogP contribution in [0.2, 0.25) is 0 Å². The number of thiophene rings is 1. The number of carbonyl (C=O) groups excluding carboxylic acids is 1. The van der Waals surface area contributed by atoms with Crippen LogP contribution in [0.1, 0.15) is 28.8 Å². The van der Waals surface area contributed by atoms with Gasteiger partial charge >= 0.3 is 5.97 Å². The first kappa shape index (κ1) is 15.1. The number of esters is 1. The molecule has 0 saturated heterocycles. The lowest BCUT2D eigenvalue weighted by Crippen LogP contribution is -2.23. The fourth-order valence-electron chi connectivity index (χ4n) is 2.79. The number of nitrogens with one attached hydrogen (secondary N) is 1. The molecule has 3 heterocycles. The molecule has 0 spiro atoms. The van der Waals surface area contributed by atoms with Crippen LogP contribution in [0.3, 0.4) is 0 Å². The Hall–Kier alpha value is -2.85. The van der Waals surface area contributed by atoms with Gasteiger partial charge in [-0.15, -0.1) is 11.3 Å². The second-order valence-electron chi connectivity index (χ2n) is 5.07. The highest BCUT2D eigenvalue weighted by atomic mass is 32.1. The number of pyridine rings is 1. The number of hydrogen-bond acceptors (Lipinski definition) is 7. The van der Waals surface area contributed by atoms with Crippen LogP contribution in [-0.2, 0) is 9.53 Å². The monoisotopic (exact) mass is 326 g/mol. The van der Waals surface area contributed by atoms with E-state index in [4.69, 9.17) is 10.5 Å². The van der Waals surface area contributed by atoms with E-state index in [9.17, 15) is 10.1 Å². The summed E-state index contributed by atoms with van der Waals surface area (Å²) in [6, 6.07) is 5.77. The third kappa shape index (κ3) is 2.33. The summed E-state index contributed by atoms with van der Waals surface area (Å²) >= 11 is 1.29. The molecule has 3 rings (SSSR count). The third-order valence-electron chi connectivity index (χ3n) is 3.81. The van der Waals surface area contributed by atoms with E-state index in [-0.39, 0.29) is 5.92 Å². The van der Waals surface area contributed by atoms with Crippen molar-refractivity contribution < 1.29 is 9.53 Å². The van der Waals surface area contributed by atoms with Gasteiger partial charge in [-0.05, 0) is 24.6 Å². The van der Waals surface area contributed by atoms with E-state index in [1.165, 1.54) is 18.4 Å². The number of aromatic nitrogens is 1. The molecule has 23 heavy (non-hydrogen) atoms. The number of nitrogen functional groups attached to an aromatic ring is 1. The highest BCUT2D eigenvalue weighted by Gasteiger charge is 2.36. The molecule has 0 fully saturated rings. The first-order valence-electron chi connectivity index (χ1n) is 6.86. The molecule has 0 saturated carbocycles. The van der Waals surface area contributed by atoms with Crippen LogP contribution in [0.15, 0.2) is 35.8 Å². The summed E-state index contributed by atoms with van der Waals surface area (Å²) in [7, 11) is 1.35. The molecule has 116 valence electrons. The van der Waals surface area contributed by atoms with Crippen molar-refractivity contribution in [3.8, 4) is 6.07 Å². The van der Waals surface area contributed by atoms with Gasteiger partial charge in [0.1, 0.15) is 15.9 Å². The van der Waals surface area contributed by atoms with E-state index in [1.807, 2.05) is 19.1 Å². The number of fused-ring (bicyclic) bond motifs is 1. The molecule has 0 radical (unpaired) electrons. The second kappa shape index (κ2) is 5.74. The van der Waals surface area contributed by atoms with Crippen molar-refractivity contribution in [3.63, 3.8) is 0 Å². The second-order valence-corrected chi connectivity index (χ2v) is 6.09. The first-order chi connectivity index (χ1) is 11.1. The standard InChI is InChI=1S/C16H14N4O2S/c1-8-11(16(21)22-2)12(9-3-5-19-6-4-9)13-14(18)10(7-17)23-15(13)20-8/h3-6,12,20H,18H2,1-2H3/t12-/m0/s1. The van der Waals surface area contributed by atoms with E-state index in [0.29, 0.717) is 21.8 Å². The van der Waals surface area contributed by atoms with Crippen LogP contribution in [0.5, 0.6) is 0 Å². The molecular formula is C16H14N4O2S. The molecule has 0 bridgehead atoms. The molecule has 0 aromatic carbocycles. The molecule has 1 atom stereocenters. The van der Waals surface area contributed by atoms with Crippen molar-refractivity contribution in [2.45, 2.75) is 12.8 Å². The summed E-state index contributed by atoms with van der Waals surface area (Å²) in [5.74, 6) is -0.813. The predicted molar refractivity (Wildman–Crippen MR) is 87.9 cm³/mol. The smallest absolute Gasteiger partial charge is 0.336 e. The Labute approximate surface area is 137 Å². The summed E-state index contributed by atoms with van der Waals surface area (Å²) in [6.45, 7) is 1.81. The quantitative estimate of drug-likeness (QED) is 0.823. The highest BCUT2D eigenvalue weighted by molar-refractivity contribution is 7.17. The molecule has 7 heteroatoms.